The van der Waals surface area contributed by atoms with Gasteiger partial charge in [0.25, 0.3) is 5.69 Å². The second-order valence-corrected chi connectivity index (χ2v) is 6.50. The van der Waals surface area contributed by atoms with Crippen LogP contribution in [0.1, 0.15) is 31.2 Å². The van der Waals surface area contributed by atoms with Crippen molar-refractivity contribution in [3.8, 4) is 0 Å². The number of rotatable bonds is 4. The van der Waals surface area contributed by atoms with E-state index >= 15 is 0 Å². The van der Waals surface area contributed by atoms with Gasteiger partial charge in [0.15, 0.2) is 0 Å². The molecule has 0 N–H and O–H groups in total. The summed E-state index contributed by atoms with van der Waals surface area (Å²) in [6.45, 7) is 4.30. The zero-order valence-corrected chi connectivity index (χ0v) is 13.4. The van der Waals surface area contributed by atoms with Crippen molar-refractivity contribution in [3.05, 3.63) is 27.9 Å². The third kappa shape index (κ3) is 3.43. The third-order valence-electron chi connectivity index (χ3n) is 4.86. The average Bonchev–Trinajstić information content (AvgIpc) is 3.02. The molecule has 1 aliphatic carbocycles. The number of amides is 1. The van der Waals surface area contributed by atoms with Crippen LogP contribution in [0, 0.1) is 23.0 Å². The predicted octanol–water partition coefficient (Wildman–Crippen LogP) is 2.14. The van der Waals surface area contributed by atoms with Crippen LogP contribution in [0.2, 0.25) is 0 Å². The van der Waals surface area contributed by atoms with Gasteiger partial charge in [0.05, 0.1) is 11.5 Å². The van der Waals surface area contributed by atoms with Crippen molar-refractivity contribution in [2.45, 2.75) is 32.6 Å². The molecule has 1 aromatic rings. The standard InChI is InChI=1S/C16H22N4O3/c1-12-8-15(17-9-14(12)20(22)23)18-6-7-19(16(21)11-18)10-13-4-2-3-5-13/h8-9,13H,2-7,10-11H2,1H3. The number of hydrogen-bond acceptors (Lipinski definition) is 5. The van der Waals surface area contributed by atoms with Gasteiger partial charge < -0.3 is 9.80 Å². The molecule has 0 unspecified atom stereocenters. The largest absolute Gasteiger partial charge is 0.346 e. The summed E-state index contributed by atoms with van der Waals surface area (Å²) < 4.78 is 0. The van der Waals surface area contributed by atoms with Crippen LogP contribution in [0.15, 0.2) is 12.3 Å². The molecule has 0 atom stereocenters. The van der Waals surface area contributed by atoms with Crippen molar-refractivity contribution in [3.63, 3.8) is 0 Å². The Morgan fingerprint density at radius 1 is 1.35 bits per heavy atom. The number of nitrogens with zero attached hydrogens (tertiary/aromatic N) is 4. The Hall–Kier alpha value is -2.18. The molecule has 1 amide bonds. The Labute approximate surface area is 135 Å². The zero-order chi connectivity index (χ0) is 16.4. The summed E-state index contributed by atoms with van der Waals surface area (Å²) in [7, 11) is 0. The van der Waals surface area contributed by atoms with Gasteiger partial charge in [-0.25, -0.2) is 4.98 Å². The molecule has 7 heteroatoms. The van der Waals surface area contributed by atoms with Gasteiger partial charge in [-0.1, -0.05) is 12.8 Å². The zero-order valence-electron chi connectivity index (χ0n) is 13.4. The molecular formula is C16H22N4O3. The van der Waals surface area contributed by atoms with E-state index in [1.165, 1.54) is 31.9 Å². The van der Waals surface area contributed by atoms with Gasteiger partial charge in [-0.2, -0.15) is 0 Å². The van der Waals surface area contributed by atoms with E-state index in [1.807, 2.05) is 9.80 Å². The summed E-state index contributed by atoms with van der Waals surface area (Å²) in [5, 5.41) is 10.9. The fourth-order valence-electron chi connectivity index (χ4n) is 3.50. The lowest BCUT2D eigenvalue weighted by Crippen LogP contribution is -2.51. The van der Waals surface area contributed by atoms with E-state index in [0.29, 0.717) is 30.4 Å². The highest BCUT2D eigenvalue weighted by molar-refractivity contribution is 5.82. The topological polar surface area (TPSA) is 79.6 Å². The maximum absolute atomic E-state index is 12.4. The number of hydrogen-bond donors (Lipinski definition) is 0. The van der Waals surface area contributed by atoms with E-state index in [1.54, 1.807) is 13.0 Å². The molecule has 0 bridgehead atoms. The van der Waals surface area contributed by atoms with Gasteiger partial charge in [0.1, 0.15) is 12.0 Å². The number of carbonyl (C=O) groups excluding carboxylic acids is 1. The first-order chi connectivity index (χ1) is 11.0. The van der Waals surface area contributed by atoms with Gasteiger partial charge in [0, 0.05) is 25.2 Å². The molecule has 0 aromatic carbocycles. The van der Waals surface area contributed by atoms with Crippen molar-refractivity contribution in [1.82, 2.24) is 9.88 Å². The summed E-state index contributed by atoms with van der Waals surface area (Å²) in [6.07, 6.45) is 6.31. The molecule has 2 fully saturated rings. The first-order valence-electron chi connectivity index (χ1n) is 8.18. The first kappa shape index (κ1) is 15.7. The molecule has 0 spiro atoms. The molecule has 0 radical (unpaired) electrons. The second kappa shape index (κ2) is 6.52. The van der Waals surface area contributed by atoms with Gasteiger partial charge in [-0.15, -0.1) is 0 Å². The maximum atomic E-state index is 12.4. The van der Waals surface area contributed by atoms with Crippen LogP contribution >= 0.6 is 0 Å². The Balaban J connectivity index is 1.64. The summed E-state index contributed by atoms with van der Waals surface area (Å²) in [4.78, 5) is 30.8. The maximum Gasteiger partial charge on any atom is 0.290 e. The minimum atomic E-state index is -0.434. The molecule has 2 heterocycles. The summed E-state index contributed by atoms with van der Waals surface area (Å²) >= 11 is 0. The molecule has 1 aliphatic heterocycles. The fourth-order valence-corrected chi connectivity index (χ4v) is 3.50. The number of nitro groups is 1. The van der Waals surface area contributed by atoms with Crippen LogP contribution in [0.25, 0.3) is 0 Å². The van der Waals surface area contributed by atoms with Crippen LogP contribution in [-0.4, -0.2) is 46.9 Å². The van der Waals surface area contributed by atoms with E-state index in [0.717, 1.165) is 13.1 Å². The molecule has 1 saturated carbocycles. The lowest BCUT2D eigenvalue weighted by molar-refractivity contribution is -0.385. The monoisotopic (exact) mass is 318 g/mol. The van der Waals surface area contributed by atoms with Gasteiger partial charge in [0.2, 0.25) is 5.91 Å². The van der Waals surface area contributed by atoms with E-state index in [9.17, 15) is 14.9 Å². The van der Waals surface area contributed by atoms with Crippen molar-refractivity contribution in [1.29, 1.82) is 0 Å². The van der Waals surface area contributed by atoms with Crippen LogP contribution < -0.4 is 4.90 Å². The Morgan fingerprint density at radius 2 is 2.09 bits per heavy atom. The van der Waals surface area contributed by atoms with E-state index in [-0.39, 0.29) is 11.6 Å². The molecule has 23 heavy (non-hydrogen) atoms. The molecule has 1 saturated heterocycles. The normalized spacial score (nSPS) is 19.4. The minimum absolute atomic E-state index is 0.0138. The number of carbonyl (C=O) groups is 1. The Bertz CT molecular complexity index is 613. The molecule has 2 aliphatic rings. The number of aromatic nitrogens is 1. The van der Waals surface area contributed by atoms with Gasteiger partial charge >= 0.3 is 0 Å². The SMILES string of the molecule is Cc1cc(N2CCN(CC3CCCC3)C(=O)C2)ncc1[N+](=O)[O-]. The Morgan fingerprint density at radius 3 is 2.70 bits per heavy atom. The number of anilines is 1. The third-order valence-corrected chi connectivity index (χ3v) is 4.86. The molecular weight excluding hydrogens is 296 g/mol. The smallest absolute Gasteiger partial charge is 0.290 e. The van der Waals surface area contributed by atoms with Crippen molar-refractivity contribution in [2.24, 2.45) is 5.92 Å². The Kier molecular flexibility index (Phi) is 4.45. The van der Waals surface area contributed by atoms with Crippen molar-refractivity contribution >= 4 is 17.4 Å². The number of pyridine rings is 1. The summed E-state index contributed by atoms with van der Waals surface area (Å²) in [6, 6.07) is 1.69. The summed E-state index contributed by atoms with van der Waals surface area (Å²) in [5.41, 5.74) is 0.584. The first-order valence-corrected chi connectivity index (χ1v) is 8.18. The highest BCUT2D eigenvalue weighted by Gasteiger charge is 2.28. The van der Waals surface area contributed by atoms with Crippen LogP contribution in [0.5, 0.6) is 0 Å². The lowest BCUT2D eigenvalue weighted by atomic mass is 10.1. The minimum Gasteiger partial charge on any atom is -0.346 e. The molecule has 124 valence electrons. The molecule has 7 nitrogen and oxygen atoms in total. The molecule has 3 rings (SSSR count). The number of piperazine rings is 1. The highest BCUT2D eigenvalue weighted by atomic mass is 16.6. The quantitative estimate of drug-likeness (QED) is 0.627. The van der Waals surface area contributed by atoms with Crippen LogP contribution in [0.4, 0.5) is 11.5 Å². The van der Waals surface area contributed by atoms with Crippen LogP contribution in [-0.2, 0) is 4.79 Å². The number of aryl methyl sites for hydroxylation is 1. The van der Waals surface area contributed by atoms with Gasteiger partial charge in [-0.05, 0) is 31.7 Å². The highest BCUT2D eigenvalue weighted by Crippen LogP contribution is 2.27. The van der Waals surface area contributed by atoms with Gasteiger partial charge in [-0.3, -0.25) is 14.9 Å². The van der Waals surface area contributed by atoms with Crippen LogP contribution in [0.3, 0.4) is 0 Å². The van der Waals surface area contributed by atoms with Crippen molar-refractivity contribution < 1.29 is 9.72 Å². The molecule has 1 aromatic heterocycles. The van der Waals surface area contributed by atoms with Crippen molar-refractivity contribution in [2.75, 3.05) is 31.1 Å². The average molecular weight is 318 g/mol. The lowest BCUT2D eigenvalue weighted by Gasteiger charge is -2.36. The second-order valence-electron chi connectivity index (χ2n) is 6.50. The fraction of sp³-hybridized carbons (Fsp3) is 0.625. The van der Waals surface area contributed by atoms with E-state index in [4.69, 9.17) is 0 Å². The summed E-state index contributed by atoms with van der Waals surface area (Å²) in [5.74, 6) is 1.42. The van der Waals surface area contributed by atoms with E-state index in [2.05, 4.69) is 4.98 Å². The predicted molar refractivity (Wildman–Crippen MR) is 86.4 cm³/mol. The van der Waals surface area contributed by atoms with E-state index < -0.39 is 4.92 Å².